The Hall–Kier alpha value is -2.29. The van der Waals surface area contributed by atoms with Crippen LogP contribution in [0.5, 0.6) is 0 Å². The summed E-state index contributed by atoms with van der Waals surface area (Å²) < 4.78 is 0. The fourth-order valence-corrected chi connectivity index (χ4v) is 3.10. The van der Waals surface area contributed by atoms with Crippen LogP contribution in [0.4, 0.5) is 0 Å². The van der Waals surface area contributed by atoms with Gasteiger partial charge in [0.05, 0.1) is 6.04 Å². The van der Waals surface area contributed by atoms with Crippen molar-refractivity contribution in [1.82, 2.24) is 9.88 Å². The summed E-state index contributed by atoms with van der Waals surface area (Å²) in [7, 11) is 0. The lowest BCUT2D eigenvalue weighted by molar-refractivity contribution is -0.128. The number of carbonyl (C=O) groups excluding carboxylic acids is 1. The lowest BCUT2D eigenvalue weighted by Gasteiger charge is -2.34. The Kier molecular flexibility index (Phi) is 3.18. The normalized spacial score (nSPS) is 17.8. The van der Waals surface area contributed by atoms with E-state index in [-0.39, 0.29) is 11.9 Å². The molecule has 0 bridgehead atoms. The summed E-state index contributed by atoms with van der Waals surface area (Å²) in [6, 6.07) is 8.34. The van der Waals surface area contributed by atoms with Crippen molar-refractivity contribution in [2.24, 2.45) is 0 Å². The standard InChI is InChI=1S/C17H18N2O/c1-3-7-15-17-13(10-11-19(15)16(20)4-2)12-8-5-6-9-14(12)18-17/h3-6,8-9,15,18H,1-2,7,10-11H2/t15-/m0/s1. The largest absolute Gasteiger partial charge is 0.356 e. The van der Waals surface area contributed by atoms with Crippen LogP contribution < -0.4 is 0 Å². The maximum atomic E-state index is 12.0. The van der Waals surface area contributed by atoms with Gasteiger partial charge in [0.1, 0.15) is 0 Å². The highest BCUT2D eigenvalue weighted by molar-refractivity contribution is 5.89. The number of fused-ring (bicyclic) bond motifs is 3. The molecule has 0 spiro atoms. The summed E-state index contributed by atoms with van der Waals surface area (Å²) >= 11 is 0. The lowest BCUT2D eigenvalue weighted by atomic mass is 9.95. The highest BCUT2D eigenvalue weighted by atomic mass is 16.2. The zero-order valence-electron chi connectivity index (χ0n) is 11.4. The molecule has 1 amide bonds. The maximum Gasteiger partial charge on any atom is 0.246 e. The van der Waals surface area contributed by atoms with Crippen molar-refractivity contribution in [3.63, 3.8) is 0 Å². The van der Waals surface area contributed by atoms with Crippen molar-refractivity contribution >= 4 is 16.8 Å². The molecule has 0 saturated carbocycles. The first-order chi connectivity index (χ1) is 9.76. The molecule has 3 nitrogen and oxygen atoms in total. The van der Waals surface area contributed by atoms with E-state index in [2.05, 4.69) is 36.3 Å². The minimum absolute atomic E-state index is 0.0128. The van der Waals surface area contributed by atoms with E-state index in [0.29, 0.717) is 0 Å². The zero-order chi connectivity index (χ0) is 14.1. The van der Waals surface area contributed by atoms with Crippen LogP contribution in [0.15, 0.2) is 49.6 Å². The van der Waals surface area contributed by atoms with Crippen LogP contribution in [0.25, 0.3) is 10.9 Å². The molecule has 3 heteroatoms. The number of hydrogen-bond donors (Lipinski definition) is 1. The van der Waals surface area contributed by atoms with Crippen molar-refractivity contribution in [2.75, 3.05) is 6.54 Å². The van der Waals surface area contributed by atoms with Gasteiger partial charge in [0.2, 0.25) is 5.91 Å². The lowest BCUT2D eigenvalue weighted by Crippen LogP contribution is -2.38. The molecule has 2 aromatic rings. The summed E-state index contributed by atoms with van der Waals surface area (Å²) in [4.78, 5) is 17.4. The Balaban J connectivity index is 2.12. The number of nitrogens with zero attached hydrogens (tertiary/aromatic N) is 1. The van der Waals surface area contributed by atoms with E-state index in [9.17, 15) is 4.79 Å². The molecule has 1 aromatic carbocycles. The second-order valence-corrected chi connectivity index (χ2v) is 5.09. The Bertz CT molecular complexity index is 683. The predicted octanol–water partition coefficient (Wildman–Crippen LogP) is 3.36. The molecule has 1 N–H and O–H groups in total. The monoisotopic (exact) mass is 266 g/mol. The van der Waals surface area contributed by atoms with Gasteiger partial charge in [-0.25, -0.2) is 0 Å². The van der Waals surface area contributed by atoms with E-state index in [1.807, 2.05) is 17.0 Å². The fourth-order valence-electron chi connectivity index (χ4n) is 3.10. The van der Waals surface area contributed by atoms with Gasteiger partial charge < -0.3 is 9.88 Å². The third-order valence-electron chi connectivity index (χ3n) is 4.01. The first-order valence-corrected chi connectivity index (χ1v) is 6.89. The molecule has 0 saturated heterocycles. The molecule has 1 aromatic heterocycles. The van der Waals surface area contributed by atoms with E-state index < -0.39 is 0 Å². The van der Waals surface area contributed by atoms with E-state index in [0.717, 1.165) is 30.6 Å². The fraction of sp³-hybridized carbons (Fsp3) is 0.235. The van der Waals surface area contributed by atoms with Gasteiger partial charge in [-0.15, -0.1) is 6.58 Å². The van der Waals surface area contributed by atoms with Gasteiger partial charge in [-0.05, 0) is 30.5 Å². The first-order valence-electron chi connectivity index (χ1n) is 6.89. The number of hydrogen-bond acceptors (Lipinski definition) is 1. The predicted molar refractivity (Wildman–Crippen MR) is 81.5 cm³/mol. The van der Waals surface area contributed by atoms with Crippen molar-refractivity contribution in [1.29, 1.82) is 0 Å². The first kappa shape index (κ1) is 12.7. The number of rotatable bonds is 3. The molecule has 1 aliphatic heterocycles. The molecular weight excluding hydrogens is 248 g/mol. The zero-order valence-corrected chi connectivity index (χ0v) is 11.4. The van der Waals surface area contributed by atoms with Gasteiger partial charge in [0, 0.05) is 23.1 Å². The van der Waals surface area contributed by atoms with Crippen molar-refractivity contribution in [3.05, 3.63) is 60.8 Å². The topological polar surface area (TPSA) is 36.1 Å². The van der Waals surface area contributed by atoms with Crippen molar-refractivity contribution in [2.45, 2.75) is 18.9 Å². The van der Waals surface area contributed by atoms with Gasteiger partial charge in [0.25, 0.3) is 0 Å². The van der Waals surface area contributed by atoms with Crippen LogP contribution in [0.1, 0.15) is 23.7 Å². The van der Waals surface area contributed by atoms with Gasteiger partial charge >= 0.3 is 0 Å². The third-order valence-corrected chi connectivity index (χ3v) is 4.01. The van der Waals surface area contributed by atoms with E-state index in [1.165, 1.54) is 17.0 Å². The molecule has 20 heavy (non-hydrogen) atoms. The number of para-hydroxylation sites is 1. The van der Waals surface area contributed by atoms with Gasteiger partial charge in [0.15, 0.2) is 0 Å². The van der Waals surface area contributed by atoms with Crippen molar-refractivity contribution < 1.29 is 4.79 Å². The molecule has 0 aliphatic carbocycles. The minimum Gasteiger partial charge on any atom is -0.356 e. The molecule has 102 valence electrons. The number of aromatic amines is 1. The Labute approximate surface area is 118 Å². The summed E-state index contributed by atoms with van der Waals surface area (Å²) in [5.74, 6) is -0.0128. The average Bonchev–Trinajstić information content (AvgIpc) is 2.86. The molecule has 1 aliphatic rings. The number of carbonyl (C=O) groups is 1. The summed E-state index contributed by atoms with van der Waals surface area (Å²) in [6.07, 6.45) is 4.89. The minimum atomic E-state index is -0.0128. The maximum absolute atomic E-state index is 12.0. The number of H-pyrrole nitrogens is 1. The van der Waals surface area contributed by atoms with Gasteiger partial charge in [-0.1, -0.05) is 30.9 Å². The third kappa shape index (κ3) is 1.86. The highest BCUT2D eigenvalue weighted by Crippen LogP contribution is 2.36. The number of amides is 1. The van der Waals surface area contributed by atoms with E-state index in [4.69, 9.17) is 0 Å². The van der Waals surface area contributed by atoms with Crippen LogP contribution in [0.2, 0.25) is 0 Å². The van der Waals surface area contributed by atoms with Gasteiger partial charge in [-0.3, -0.25) is 4.79 Å². The molecule has 0 radical (unpaired) electrons. The van der Waals surface area contributed by atoms with Crippen LogP contribution in [0, 0.1) is 0 Å². The molecule has 3 rings (SSSR count). The number of benzene rings is 1. The SMILES string of the molecule is C=CC[C@H]1c2[nH]c3ccccc3c2CCN1C(=O)C=C. The summed E-state index contributed by atoms with van der Waals surface area (Å²) in [5, 5.41) is 1.27. The number of nitrogens with one attached hydrogen (secondary N) is 1. The molecule has 1 atom stereocenters. The van der Waals surface area contributed by atoms with Crippen molar-refractivity contribution in [3.8, 4) is 0 Å². The highest BCUT2D eigenvalue weighted by Gasteiger charge is 2.31. The molecular formula is C17H18N2O. The average molecular weight is 266 g/mol. The second-order valence-electron chi connectivity index (χ2n) is 5.09. The van der Waals surface area contributed by atoms with Gasteiger partial charge in [-0.2, -0.15) is 0 Å². The molecule has 2 heterocycles. The summed E-state index contributed by atoms with van der Waals surface area (Å²) in [6.45, 7) is 8.16. The quantitative estimate of drug-likeness (QED) is 0.671. The summed E-state index contributed by atoms with van der Waals surface area (Å²) in [5.41, 5.74) is 3.62. The molecule has 0 unspecified atom stereocenters. The Morgan fingerprint density at radius 1 is 1.40 bits per heavy atom. The van der Waals surface area contributed by atoms with Crippen LogP contribution >= 0.6 is 0 Å². The van der Waals surface area contributed by atoms with Crippen LogP contribution in [-0.4, -0.2) is 22.3 Å². The van der Waals surface area contributed by atoms with Crippen LogP contribution in [0.3, 0.4) is 0 Å². The van der Waals surface area contributed by atoms with E-state index >= 15 is 0 Å². The number of aromatic nitrogens is 1. The van der Waals surface area contributed by atoms with E-state index in [1.54, 1.807) is 0 Å². The smallest absolute Gasteiger partial charge is 0.246 e. The molecule has 0 fully saturated rings. The Morgan fingerprint density at radius 2 is 2.20 bits per heavy atom. The Morgan fingerprint density at radius 3 is 2.95 bits per heavy atom. The second kappa shape index (κ2) is 5.00. The van der Waals surface area contributed by atoms with Crippen LogP contribution in [-0.2, 0) is 11.2 Å².